The van der Waals surface area contributed by atoms with E-state index in [1.807, 2.05) is 31.2 Å². The highest BCUT2D eigenvalue weighted by Crippen LogP contribution is 2.23. The smallest absolute Gasteiger partial charge is 0.224 e. The van der Waals surface area contributed by atoms with Crippen LogP contribution in [0.2, 0.25) is 5.02 Å². The summed E-state index contributed by atoms with van der Waals surface area (Å²) in [5.74, 6) is 1.32. The third kappa shape index (κ3) is 4.88. The van der Waals surface area contributed by atoms with Gasteiger partial charge in [-0.2, -0.15) is 4.98 Å². The molecule has 21 heavy (non-hydrogen) atoms. The molecule has 0 aliphatic rings. The van der Waals surface area contributed by atoms with Gasteiger partial charge in [-0.15, -0.1) is 0 Å². The number of nitrogens with one attached hydrogen (secondary N) is 2. The molecule has 0 amide bonds. The Labute approximate surface area is 129 Å². The molecule has 0 fully saturated rings. The minimum absolute atomic E-state index is 0.593. The largest absolute Gasteiger partial charge is 0.385 e. The number of halogens is 1. The lowest BCUT2D eigenvalue weighted by atomic mass is 10.2. The molecular weight excluding hydrogens is 288 g/mol. The van der Waals surface area contributed by atoms with Crippen molar-refractivity contribution >= 4 is 29.1 Å². The quantitative estimate of drug-likeness (QED) is 0.765. The summed E-state index contributed by atoms with van der Waals surface area (Å²) in [5.41, 5.74) is 2.04. The lowest BCUT2D eigenvalue weighted by Crippen LogP contribution is -2.08. The Morgan fingerprint density at radius 2 is 2.14 bits per heavy atom. The van der Waals surface area contributed by atoms with E-state index in [1.165, 1.54) is 0 Å². The Hall–Kier alpha value is -1.85. The van der Waals surface area contributed by atoms with E-state index in [0.717, 1.165) is 30.0 Å². The van der Waals surface area contributed by atoms with Crippen molar-refractivity contribution in [2.24, 2.45) is 0 Å². The lowest BCUT2D eigenvalue weighted by molar-refractivity contribution is 0.197. The Morgan fingerprint density at radius 3 is 2.95 bits per heavy atom. The number of aryl methyl sites for hydroxylation is 1. The van der Waals surface area contributed by atoms with E-state index < -0.39 is 0 Å². The van der Waals surface area contributed by atoms with Crippen molar-refractivity contribution in [1.29, 1.82) is 0 Å². The predicted molar refractivity (Wildman–Crippen MR) is 86.5 cm³/mol. The molecule has 1 aromatic heterocycles. The first kappa shape index (κ1) is 15.5. The van der Waals surface area contributed by atoms with Crippen molar-refractivity contribution in [1.82, 2.24) is 9.97 Å². The molecule has 2 N–H and O–H groups in total. The average molecular weight is 307 g/mol. The average Bonchev–Trinajstić information content (AvgIpc) is 2.48. The zero-order chi connectivity index (χ0) is 15.1. The van der Waals surface area contributed by atoms with E-state index in [0.29, 0.717) is 17.6 Å². The zero-order valence-electron chi connectivity index (χ0n) is 12.2. The summed E-state index contributed by atoms with van der Waals surface area (Å²) in [5, 5.41) is 7.11. The van der Waals surface area contributed by atoms with Gasteiger partial charge >= 0.3 is 0 Å². The second-order valence-corrected chi connectivity index (χ2v) is 5.06. The number of anilines is 3. The van der Waals surface area contributed by atoms with E-state index in [1.54, 1.807) is 13.3 Å². The first-order valence-electron chi connectivity index (χ1n) is 6.78. The molecule has 0 saturated heterocycles. The third-order valence-corrected chi connectivity index (χ3v) is 3.16. The second kappa shape index (κ2) is 7.81. The number of aromatic nitrogens is 2. The molecule has 0 spiro atoms. The van der Waals surface area contributed by atoms with E-state index in [-0.39, 0.29) is 0 Å². The van der Waals surface area contributed by atoms with Crippen LogP contribution >= 0.6 is 11.6 Å². The van der Waals surface area contributed by atoms with Gasteiger partial charge in [0.2, 0.25) is 5.95 Å². The van der Waals surface area contributed by atoms with Crippen LogP contribution in [0.25, 0.3) is 0 Å². The standard InChI is InChI=1S/C15H19ClN4O/c1-11-4-5-12(16)10-13(11)19-14-6-8-18-15(20-14)17-7-3-9-21-2/h4-6,8,10H,3,7,9H2,1-2H3,(H2,17,18,19,20). The molecule has 0 aliphatic heterocycles. The van der Waals surface area contributed by atoms with E-state index in [2.05, 4.69) is 20.6 Å². The van der Waals surface area contributed by atoms with Crippen LogP contribution in [0.4, 0.5) is 17.5 Å². The maximum Gasteiger partial charge on any atom is 0.224 e. The fourth-order valence-electron chi connectivity index (χ4n) is 1.80. The Morgan fingerprint density at radius 1 is 1.29 bits per heavy atom. The van der Waals surface area contributed by atoms with Crippen LogP contribution in [0.3, 0.4) is 0 Å². The maximum absolute atomic E-state index is 6.02. The highest BCUT2D eigenvalue weighted by molar-refractivity contribution is 6.30. The molecule has 1 aromatic carbocycles. The van der Waals surface area contributed by atoms with Gasteiger partial charge in [-0.3, -0.25) is 0 Å². The topological polar surface area (TPSA) is 59.1 Å². The summed E-state index contributed by atoms with van der Waals surface area (Å²) in [6.07, 6.45) is 2.62. The molecule has 1 heterocycles. The first-order chi connectivity index (χ1) is 10.2. The molecule has 0 radical (unpaired) electrons. The van der Waals surface area contributed by atoms with Crippen molar-refractivity contribution in [3.05, 3.63) is 41.0 Å². The minimum Gasteiger partial charge on any atom is -0.385 e. The number of ether oxygens (including phenoxy) is 1. The molecule has 2 aromatic rings. The number of rotatable bonds is 7. The van der Waals surface area contributed by atoms with Crippen LogP contribution in [-0.2, 0) is 4.74 Å². The van der Waals surface area contributed by atoms with Gasteiger partial charge < -0.3 is 15.4 Å². The highest BCUT2D eigenvalue weighted by atomic mass is 35.5. The van der Waals surface area contributed by atoms with Crippen molar-refractivity contribution in [2.75, 3.05) is 30.9 Å². The summed E-state index contributed by atoms with van der Waals surface area (Å²) in [4.78, 5) is 8.61. The number of benzene rings is 1. The zero-order valence-corrected chi connectivity index (χ0v) is 12.9. The van der Waals surface area contributed by atoms with Crippen molar-refractivity contribution in [3.63, 3.8) is 0 Å². The normalized spacial score (nSPS) is 10.4. The summed E-state index contributed by atoms with van der Waals surface area (Å²) in [6.45, 7) is 3.50. The first-order valence-corrected chi connectivity index (χ1v) is 7.16. The lowest BCUT2D eigenvalue weighted by Gasteiger charge is -2.10. The maximum atomic E-state index is 6.02. The monoisotopic (exact) mass is 306 g/mol. The van der Waals surface area contributed by atoms with Crippen LogP contribution in [0.5, 0.6) is 0 Å². The van der Waals surface area contributed by atoms with Crippen molar-refractivity contribution < 1.29 is 4.74 Å². The van der Waals surface area contributed by atoms with Gasteiger partial charge in [-0.25, -0.2) is 4.98 Å². The third-order valence-electron chi connectivity index (χ3n) is 2.93. The van der Waals surface area contributed by atoms with Gasteiger partial charge in [-0.1, -0.05) is 17.7 Å². The Kier molecular flexibility index (Phi) is 5.78. The Balaban J connectivity index is 2.02. The number of nitrogens with zero attached hydrogens (tertiary/aromatic N) is 2. The molecular formula is C15H19ClN4O. The minimum atomic E-state index is 0.593. The molecule has 5 nitrogen and oxygen atoms in total. The summed E-state index contributed by atoms with van der Waals surface area (Å²) >= 11 is 6.02. The van der Waals surface area contributed by atoms with Gasteiger partial charge in [0, 0.05) is 37.2 Å². The fraction of sp³-hybridized carbons (Fsp3) is 0.333. The summed E-state index contributed by atoms with van der Waals surface area (Å²) in [6, 6.07) is 7.53. The molecule has 0 aliphatic carbocycles. The van der Waals surface area contributed by atoms with Crippen LogP contribution < -0.4 is 10.6 Å². The number of methoxy groups -OCH3 is 1. The molecule has 0 bridgehead atoms. The van der Waals surface area contributed by atoms with Crippen LogP contribution in [0, 0.1) is 6.92 Å². The highest BCUT2D eigenvalue weighted by Gasteiger charge is 2.03. The van der Waals surface area contributed by atoms with Gasteiger partial charge in [0.15, 0.2) is 0 Å². The van der Waals surface area contributed by atoms with Crippen LogP contribution in [0.1, 0.15) is 12.0 Å². The molecule has 6 heteroatoms. The van der Waals surface area contributed by atoms with E-state index in [4.69, 9.17) is 16.3 Å². The Bertz CT molecular complexity index is 592. The van der Waals surface area contributed by atoms with Crippen LogP contribution in [-0.4, -0.2) is 30.2 Å². The van der Waals surface area contributed by atoms with E-state index >= 15 is 0 Å². The molecule has 0 saturated carbocycles. The molecule has 112 valence electrons. The molecule has 0 atom stereocenters. The molecule has 0 unspecified atom stereocenters. The second-order valence-electron chi connectivity index (χ2n) is 4.62. The van der Waals surface area contributed by atoms with Crippen molar-refractivity contribution in [2.45, 2.75) is 13.3 Å². The number of hydrogen-bond acceptors (Lipinski definition) is 5. The van der Waals surface area contributed by atoms with E-state index in [9.17, 15) is 0 Å². The number of hydrogen-bond donors (Lipinski definition) is 2. The predicted octanol–water partition coefficient (Wildman–Crippen LogP) is 3.63. The summed E-state index contributed by atoms with van der Waals surface area (Å²) < 4.78 is 5.00. The van der Waals surface area contributed by atoms with Gasteiger partial charge in [-0.05, 0) is 37.1 Å². The van der Waals surface area contributed by atoms with Crippen molar-refractivity contribution in [3.8, 4) is 0 Å². The van der Waals surface area contributed by atoms with Gasteiger partial charge in [0.05, 0.1) is 0 Å². The SMILES string of the molecule is COCCCNc1nccc(Nc2cc(Cl)ccc2C)n1. The van der Waals surface area contributed by atoms with Gasteiger partial charge in [0.1, 0.15) is 5.82 Å². The van der Waals surface area contributed by atoms with Crippen LogP contribution in [0.15, 0.2) is 30.5 Å². The fourth-order valence-corrected chi connectivity index (χ4v) is 1.97. The summed E-state index contributed by atoms with van der Waals surface area (Å²) in [7, 11) is 1.69. The molecule has 2 rings (SSSR count). The van der Waals surface area contributed by atoms with Gasteiger partial charge in [0.25, 0.3) is 0 Å².